The fourth-order valence-electron chi connectivity index (χ4n) is 2.97. The van der Waals surface area contributed by atoms with Gasteiger partial charge in [0.2, 0.25) is 5.01 Å². The predicted octanol–water partition coefficient (Wildman–Crippen LogP) is 6.07. The zero-order valence-corrected chi connectivity index (χ0v) is 18.9. The molecule has 0 saturated carbocycles. The van der Waals surface area contributed by atoms with Gasteiger partial charge in [0.15, 0.2) is 15.8 Å². The molecule has 6 nitrogen and oxygen atoms in total. The molecule has 0 fully saturated rings. The van der Waals surface area contributed by atoms with Crippen LogP contribution >= 0.6 is 34.3 Å². The van der Waals surface area contributed by atoms with Crippen molar-refractivity contribution in [3.8, 4) is 10.8 Å². The Morgan fingerprint density at radius 3 is 2.59 bits per heavy atom. The molecule has 0 aliphatic heterocycles. The highest BCUT2D eigenvalue weighted by molar-refractivity contribution is 7.21. The van der Waals surface area contributed by atoms with E-state index in [0.29, 0.717) is 28.1 Å². The number of furan rings is 1. The number of para-hydroxylation sites is 1. The summed E-state index contributed by atoms with van der Waals surface area (Å²) in [7, 11) is 0. The Labute approximate surface area is 196 Å². The molecule has 1 amide bonds. The van der Waals surface area contributed by atoms with Gasteiger partial charge in [-0.25, -0.2) is 4.98 Å². The average molecular weight is 479 g/mol. The zero-order valence-electron chi connectivity index (χ0n) is 16.5. The van der Waals surface area contributed by atoms with Gasteiger partial charge in [-0.15, -0.1) is 21.5 Å². The maximum Gasteiger partial charge on any atom is 0.282 e. The molecule has 5 aromatic rings. The summed E-state index contributed by atoms with van der Waals surface area (Å²) in [5.41, 5.74) is 1.94. The van der Waals surface area contributed by atoms with Gasteiger partial charge in [0.05, 0.1) is 15.2 Å². The normalized spacial score (nSPS) is 11.7. The lowest BCUT2D eigenvalue weighted by Gasteiger charge is -2.01. The molecule has 3 aromatic heterocycles. The number of aromatic nitrogens is 3. The van der Waals surface area contributed by atoms with E-state index in [0.717, 1.165) is 32.1 Å². The number of nitrogens with zero attached hydrogens (tertiary/aromatic N) is 3. The van der Waals surface area contributed by atoms with Crippen LogP contribution in [0.15, 0.2) is 71.1 Å². The quantitative estimate of drug-likeness (QED) is 0.320. The second-order valence-corrected chi connectivity index (χ2v) is 9.18. The summed E-state index contributed by atoms with van der Waals surface area (Å²) in [6.07, 6.45) is 1.66. The molecule has 0 aliphatic rings. The van der Waals surface area contributed by atoms with Crippen molar-refractivity contribution in [1.29, 1.82) is 0 Å². The van der Waals surface area contributed by atoms with Crippen molar-refractivity contribution in [3.05, 3.63) is 88.1 Å². The Hall–Kier alpha value is -3.33. The second-order valence-electron chi connectivity index (χ2n) is 6.76. The first kappa shape index (κ1) is 20.6. The van der Waals surface area contributed by atoms with Crippen molar-refractivity contribution in [2.45, 2.75) is 6.54 Å². The van der Waals surface area contributed by atoms with E-state index in [2.05, 4.69) is 20.5 Å². The predicted molar refractivity (Wildman–Crippen MR) is 129 cm³/mol. The lowest BCUT2D eigenvalue weighted by atomic mass is 10.2. The highest BCUT2D eigenvalue weighted by Gasteiger charge is 2.15. The van der Waals surface area contributed by atoms with Gasteiger partial charge < -0.3 is 9.73 Å². The number of rotatable bonds is 6. The number of hydrogen-bond donors (Lipinski definition) is 1. The van der Waals surface area contributed by atoms with Crippen LogP contribution in [-0.2, 0) is 6.54 Å². The molecule has 0 aliphatic carbocycles. The molecule has 0 bridgehead atoms. The molecule has 0 radical (unpaired) electrons. The maximum absolute atomic E-state index is 12.4. The molecule has 158 valence electrons. The van der Waals surface area contributed by atoms with Crippen LogP contribution in [0, 0.1) is 0 Å². The number of halogens is 1. The van der Waals surface area contributed by atoms with E-state index in [4.69, 9.17) is 16.0 Å². The van der Waals surface area contributed by atoms with E-state index >= 15 is 0 Å². The van der Waals surface area contributed by atoms with E-state index in [1.807, 2.05) is 66.7 Å². The summed E-state index contributed by atoms with van der Waals surface area (Å²) in [4.78, 5) is 17.0. The largest absolute Gasteiger partial charge is 0.454 e. The van der Waals surface area contributed by atoms with E-state index in [-0.39, 0.29) is 10.9 Å². The zero-order chi connectivity index (χ0) is 21.9. The van der Waals surface area contributed by atoms with Crippen LogP contribution in [0.5, 0.6) is 0 Å². The van der Waals surface area contributed by atoms with E-state index in [1.165, 1.54) is 0 Å². The van der Waals surface area contributed by atoms with Gasteiger partial charge in [-0.3, -0.25) is 4.79 Å². The Kier molecular flexibility index (Phi) is 5.81. The number of amides is 1. The minimum atomic E-state index is -0.293. The Balaban J connectivity index is 1.28. The van der Waals surface area contributed by atoms with Crippen LogP contribution < -0.4 is 5.32 Å². The molecule has 5 rings (SSSR count). The van der Waals surface area contributed by atoms with Crippen molar-refractivity contribution < 1.29 is 9.21 Å². The third-order valence-corrected chi connectivity index (χ3v) is 6.93. The Bertz CT molecular complexity index is 1390. The van der Waals surface area contributed by atoms with Crippen LogP contribution in [0.4, 0.5) is 0 Å². The summed E-state index contributed by atoms with van der Waals surface area (Å²) in [6.45, 7) is 0.416. The highest BCUT2D eigenvalue weighted by Crippen LogP contribution is 2.32. The Morgan fingerprint density at radius 1 is 0.969 bits per heavy atom. The van der Waals surface area contributed by atoms with Crippen LogP contribution in [-0.4, -0.2) is 21.1 Å². The SMILES string of the molecule is O=C(NCc1ccccc1)c1nnc(/C(Cl)=C/c2ccc(-c3nc4ccccc4s3)o2)s1. The molecule has 32 heavy (non-hydrogen) atoms. The minimum absolute atomic E-state index is 0.247. The molecule has 0 atom stereocenters. The molecule has 0 saturated heterocycles. The average Bonchev–Trinajstić information content (AvgIpc) is 3.57. The smallest absolute Gasteiger partial charge is 0.282 e. The molecule has 1 N–H and O–H groups in total. The first-order valence-electron chi connectivity index (χ1n) is 9.65. The maximum atomic E-state index is 12.4. The molecule has 0 unspecified atom stereocenters. The van der Waals surface area contributed by atoms with E-state index < -0.39 is 0 Å². The third-order valence-electron chi connectivity index (χ3n) is 4.52. The van der Waals surface area contributed by atoms with Gasteiger partial charge in [-0.1, -0.05) is 65.4 Å². The molecule has 2 aromatic carbocycles. The molecule has 9 heteroatoms. The topological polar surface area (TPSA) is 80.9 Å². The lowest BCUT2D eigenvalue weighted by Crippen LogP contribution is -2.22. The summed E-state index contributed by atoms with van der Waals surface area (Å²) < 4.78 is 7.00. The van der Waals surface area contributed by atoms with Crippen LogP contribution in [0.3, 0.4) is 0 Å². The number of carbonyl (C=O) groups is 1. The fraction of sp³-hybridized carbons (Fsp3) is 0.0435. The summed E-state index contributed by atoms with van der Waals surface area (Å²) in [5, 5.41) is 12.7. The first-order valence-corrected chi connectivity index (χ1v) is 11.7. The number of nitrogens with one attached hydrogen (secondary N) is 1. The van der Waals surface area contributed by atoms with Crippen LogP contribution in [0.2, 0.25) is 0 Å². The fourth-order valence-corrected chi connectivity index (χ4v) is 4.83. The van der Waals surface area contributed by atoms with E-state index in [1.54, 1.807) is 17.4 Å². The lowest BCUT2D eigenvalue weighted by molar-refractivity contribution is 0.0950. The van der Waals surface area contributed by atoms with Gasteiger partial charge in [-0.2, -0.15) is 0 Å². The number of benzene rings is 2. The van der Waals surface area contributed by atoms with Gasteiger partial charge in [0.25, 0.3) is 5.91 Å². The molecule has 0 spiro atoms. The molecule has 3 heterocycles. The number of thiazole rings is 1. The van der Waals surface area contributed by atoms with Crippen molar-refractivity contribution in [2.24, 2.45) is 0 Å². The van der Waals surface area contributed by atoms with Gasteiger partial charge in [0.1, 0.15) is 5.76 Å². The van der Waals surface area contributed by atoms with Gasteiger partial charge >= 0.3 is 0 Å². The summed E-state index contributed by atoms with van der Waals surface area (Å²) >= 11 is 9.10. The summed E-state index contributed by atoms with van der Waals surface area (Å²) in [5.74, 6) is 0.938. The second kappa shape index (κ2) is 9.04. The van der Waals surface area contributed by atoms with Crippen molar-refractivity contribution in [2.75, 3.05) is 0 Å². The summed E-state index contributed by atoms with van der Waals surface area (Å²) in [6, 6.07) is 21.3. The van der Waals surface area contributed by atoms with Crippen molar-refractivity contribution >= 4 is 61.5 Å². The van der Waals surface area contributed by atoms with Crippen LogP contribution in [0.1, 0.15) is 26.1 Å². The number of hydrogen-bond acceptors (Lipinski definition) is 7. The number of fused-ring (bicyclic) bond motifs is 1. The van der Waals surface area contributed by atoms with Crippen LogP contribution in [0.25, 0.3) is 32.1 Å². The molecular weight excluding hydrogens is 464 g/mol. The third kappa shape index (κ3) is 4.47. The van der Waals surface area contributed by atoms with Gasteiger partial charge in [-0.05, 0) is 29.8 Å². The van der Waals surface area contributed by atoms with Crippen molar-refractivity contribution in [1.82, 2.24) is 20.5 Å². The Morgan fingerprint density at radius 2 is 1.75 bits per heavy atom. The minimum Gasteiger partial charge on any atom is -0.454 e. The van der Waals surface area contributed by atoms with Gasteiger partial charge in [0, 0.05) is 12.6 Å². The van der Waals surface area contributed by atoms with Crippen molar-refractivity contribution in [3.63, 3.8) is 0 Å². The highest BCUT2D eigenvalue weighted by atomic mass is 35.5. The van der Waals surface area contributed by atoms with E-state index in [9.17, 15) is 4.79 Å². The molecular formula is C23H15ClN4O2S2. The monoisotopic (exact) mass is 478 g/mol. The first-order chi connectivity index (χ1) is 15.7. The standard InChI is InChI=1S/C23H15ClN4O2S2/c24-16(21-27-28-23(32-21)20(29)25-13-14-6-2-1-3-7-14)12-15-10-11-18(30-15)22-26-17-8-4-5-9-19(17)31-22/h1-12H,13H2,(H,25,29)/b16-12-. The number of carbonyl (C=O) groups excluding carboxylic acids is 1.